The number of halogens is 4. The van der Waals surface area contributed by atoms with Gasteiger partial charge in [0.25, 0.3) is 0 Å². The van der Waals surface area contributed by atoms with Gasteiger partial charge in [0, 0.05) is 42.1 Å². The van der Waals surface area contributed by atoms with Crippen molar-refractivity contribution in [3.8, 4) is 0 Å². The number of carbonyl (C=O) groups is 2. The molecule has 0 radical (unpaired) electrons. The molecular weight excluding hydrogens is 413 g/mol. The Morgan fingerprint density at radius 3 is 2.15 bits per heavy atom. The SMILES string of the molecule is O=C(/C=C/c1ccc(Br)cc1)N1CCC2(CC1)CN(C(=O)C(F)(F)F)C2. The molecular formula is C18H18BrF3N2O2. The molecule has 0 bridgehead atoms. The van der Waals surface area contributed by atoms with Gasteiger partial charge in [0.05, 0.1) is 0 Å². The predicted molar refractivity (Wildman–Crippen MR) is 94.1 cm³/mol. The lowest BCUT2D eigenvalue weighted by Crippen LogP contribution is -2.64. The van der Waals surface area contributed by atoms with Crippen LogP contribution in [0.5, 0.6) is 0 Å². The second-order valence-corrected chi connectivity index (χ2v) is 7.78. The van der Waals surface area contributed by atoms with Crippen LogP contribution in [0.15, 0.2) is 34.8 Å². The number of hydrogen-bond acceptors (Lipinski definition) is 2. The Balaban J connectivity index is 1.49. The third-order valence-electron chi connectivity index (χ3n) is 5.01. The maximum Gasteiger partial charge on any atom is 0.471 e. The maximum atomic E-state index is 12.4. The topological polar surface area (TPSA) is 40.6 Å². The van der Waals surface area contributed by atoms with Gasteiger partial charge in [-0.05, 0) is 36.6 Å². The fourth-order valence-electron chi connectivity index (χ4n) is 3.45. The van der Waals surface area contributed by atoms with Gasteiger partial charge in [0.1, 0.15) is 0 Å². The number of carbonyl (C=O) groups excluding carboxylic acids is 2. The van der Waals surface area contributed by atoms with E-state index < -0.39 is 12.1 Å². The molecule has 2 fully saturated rings. The van der Waals surface area contributed by atoms with Gasteiger partial charge in [-0.25, -0.2) is 0 Å². The molecule has 26 heavy (non-hydrogen) atoms. The Bertz CT molecular complexity index is 715. The summed E-state index contributed by atoms with van der Waals surface area (Å²) in [4.78, 5) is 26.0. The van der Waals surface area contributed by atoms with Crippen LogP contribution in [0.4, 0.5) is 13.2 Å². The minimum absolute atomic E-state index is 0.106. The van der Waals surface area contributed by atoms with Crippen LogP contribution in [0.1, 0.15) is 18.4 Å². The van der Waals surface area contributed by atoms with E-state index in [1.165, 1.54) is 6.08 Å². The Hall–Kier alpha value is -1.83. The molecule has 0 aliphatic carbocycles. The molecule has 2 saturated heterocycles. The first-order chi connectivity index (χ1) is 12.2. The molecule has 140 valence electrons. The molecule has 2 heterocycles. The Labute approximate surface area is 157 Å². The van der Waals surface area contributed by atoms with Crippen LogP contribution < -0.4 is 0 Å². The molecule has 0 atom stereocenters. The van der Waals surface area contributed by atoms with Crippen molar-refractivity contribution in [3.63, 3.8) is 0 Å². The lowest BCUT2D eigenvalue weighted by atomic mass is 9.72. The van der Waals surface area contributed by atoms with Crippen LogP contribution >= 0.6 is 15.9 Å². The molecule has 2 amide bonds. The zero-order valence-electron chi connectivity index (χ0n) is 13.9. The monoisotopic (exact) mass is 430 g/mol. The van der Waals surface area contributed by atoms with Gasteiger partial charge in [-0.3, -0.25) is 9.59 Å². The first kappa shape index (κ1) is 18.9. The van der Waals surface area contributed by atoms with Gasteiger partial charge in [-0.1, -0.05) is 28.1 Å². The van der Waals surface area contributed by atoms with E-state index in [2.05, 4.69) is 15.9 Å². The van der Waals surface area contributed by atoms with Crippen molar-refractivity contribution in [2.45, 2.75) is 19.0 Å². The Morgan fingerprint density at radius 1 is 1.04 bits per heavy atom. The molecule has 2 aliphatic rings. The summed E-state index contributed by atoms with van der Waals surface area (Å²) >= 11 is 3.35. The lowest BCUT2D eigenvalue weighted by molar-refractivity contribution is -0.198. The number of likely N-dealkylation sites (tertiary alicyclic amines) is 2. The van der Waals surface area contributed by atoms with Crippen LogP contribution in [0.3, 0.4) is 0 Å². The van der Waals surface area contributed by atoms with Crippen molar-refractivity contribution in [1.29, 1.82) is 0 Å². The van der Waals surface area contributed by atoms with E-state index in [9.17, 15) is 22.8 Å². The highest BCUT2D eigenvalue weighted by molar-refractivity contribution is 9.10. The molecule has 0 saturated carbocycles. The smallest absolute Gasteiger partial charge is 0.339 e. The highest BCUT2D eigenvalue weighted by Crippen LogP contribution is 2.41. The normalized spacial score (nSPS) is 19.7. The summed E-state index contributed by atoms with van der Waals surface area (Å²) in [6.07, 6.45) is -0.317. The summed E-state index contributed by atoms with van der Waals surface area (Å²) < 4.78 is 38.3. The van der Waals surface area contributed by atoms with Crippen molar-refractivity contribution in [1.82, 2.24) is 9.80 Å². The molecule has 2 aliphatic heterocycles. The number of amides is 2. The number of benzene rings is 1. The van der Waals surface area contributed by atoms with Crippen LogP contribution in [0, 0.1) is 5.41 Å². The summed E-state index contributed by atoms with van der Waals surface area (Å²) in [5.41, 5.74) is 0.642. The van der Waals surface area contributed by atoms with Crippen molar-refractivity contribution < 1.29 is 22.8 Å². The van der Waals surface area contributed by atoms with Gasteiger partial charge in [-0.2, -0.15) is 13.2 Å². The standard InChI is InChI=1S/C18H18BrF3N2O2/c19-14-4-1-13(2-5-14)3-6-15(25)23-9-7-17(8-10-23)11-24(12-17)16(26)18(20,21)22/h1-6H,7-12H2/b6-3+. The van der Waals surface area contributed by atoms with Crippen LogP contribution in [-0.4, -0.2) is 54.0 Å². The van der Waals surface area contributed by atoms with Crippen molar-refractivity contribution in [2.75, 3.05) is 26.2 Å². The zero-order chi connectivity index (χ0) is 18.9. The predicted octanol–water partition coefficient (Wildman–Crippen LogP) is 3.48. The largest absolute Gasteiger partial charge is 0.471 e. The number of hydrogen-bond donors (Lipinski definition) is 0. The fraction of sp³-hybridized carbons (Fsp3) is 0.444. The van der Waals surface area contributed by atoms with Gasteiger partial charge in [0.2, 0.25) is 5.91 Å². The first-order valence-corrected chi connectivity index (χ1v) is 9.07. The number of nitrogens with zero attached hydrogens (tertiary/aromatic N) is 2. The van der Waals surface area contributed by atoms with Gasteiger partial charge in [0.15, 0.2) is 0 Å². The van der Waals surface area contributed by atoms with Gasteiger partial charge < -0.3 is 9.80 Å². The second-order valence-electron chi connectivity index (χ2n) is 6.87. The van der Waals surface area contributed by atoms with Gasteiger partial charge in [-0.15, -0.1) is 0 Å². The second kappa shape index (κ2) is 7.06. The van der Waals surface area contributed by atoms with Gasteiger partial charge >= 0.3 is 12.1 Å². The molecule has 1 spiro atoms. The number of piperidine rings is 1. The molecule has 1 aromatic carbocycles. The quantitative estimate of drug-likeness (QED) is 0.673. The van der Waals surface area contributed by atoms with E-state index in [0.29, 0.717) is 25.9 Å². The average Bonchev–Trinajstić information content (AvgIpc) is 2.57. The molecule has 3 rings (SSSR count). The maximum absolute atomic E-state index is 12.4. The highest BCUT2D eigenvalue weighted by atomic mass is 79.9. The molecule has 0 aromatic heterocycles. The molecule has 4 nitrogen and oxygen atoms in total. The van der Waals surface area contributed by atoms with E-state index in [-0.39, 0.29) is 24.4 Å². The molecule has 0 unspecified atom stereocenters. The van der Waals surface area contributed by atoms with E-state index in [1.54, 1.807) is 11.0 Å². The lowest BCUT2D eigenvalue weighted by Gasteiger charge is -2.53. The Kier molecular flexibility index (Phi) is 5.14. The third-order valence-corrected chi connectivity index (χ3v) is 5.54. The Morgan fingerprint density at radius 2 is 1.62 bits per heavy atom. The van der Waals surface area contributed by atoms with Crippen molar-refractivity contribution in [2.24, 2.45) is 5.41 Å². The van der Waals surface area contributed by atoms with Crippen LogP contribution in [-0.2, 0) is 9.59 Å². The van der Waals surface area contributed by atoms with E-state index in [4.69, 9.17) is 0 Å². The average molecular weight is 431 g/mol. The highest BCUT2D eigenvalue weighted by Gasteiger charge is 2.53. The van der Waals surface area contributed by atoms with Crippen molar-refractivity contribution in [3.05, 3.63) is 40.4 Å². The van der Waals surface area contributed by atoms with E-state index in [1.807, 2.05) is 24.3 Å². The third kappa shape index (κ3) is 4.11. The van der Waals surface area contributed by atoms with Crippen LogP contribution in [0.2, 0.25) is 0 Å². The van der Waals surface area contributed by atoms with Crippen molar-refractivity contribution >= 4 is 33.8 Å². The minimum Gasteiger partial charge on any atom is -0.339 e. The minimum atomic E-state index is -4.81. The van der Waals surface area contributed by atoms with Crippen LogP contribution in [0.25, 0.3) is 6.08 Å². The fourth-order valence-corrected chi connectivity index (χ4v) is 3.72. The number of rotatable bonds is 2. The van der Waals surface area contributed by atoms with E-state index in [0.717, 1.165) is 14.9 Å². The molecule has 8 heteroatoms. The number of alkyl halides is 3. The zero-order valence-corrected chi connectivity index (χ0v) is 15.5. The summed E-state index contributed by atoms with van der Waals surface area (Å²) in [5, 5.41) is 0. The summed E-state index contributed by atoms with van der Waals surface area (Å²) in [6.45, 7) is 1.25. The summed E-state index contributed by atoms with van der Waals surface area (Å²) in [7, 11) is 0. The summed E-state index contributed by atoms with van der Waals surface area (Å²) in [5.74, 6) is -1.87. The first-order valence-electron chi connectivity index (χ1n) is 8.27. The van der Waals surface area contributed by atoms with E-state index >= 15 is 0 Å². The molecule has 0 N–H and O–H groups in total. The summed E-state index contributed by atoms with van der Waals surface area (Å²) in [6, 6.07) is 7.55. The molecule has 1 aromatic rings.